The summed E-state index contributed by atoms with van der Waals surface area (Å²) < 4.78 is 30.7. The molecular weight excluding hydrogens is 342 g/mol. The van der Waals surface area contributed by atoms with Crippen LogP contribution in [-0.2, 0) is 16.6 Å². The van der Waals surface area contributed by atoms with Crippen LogP contribution >= 0.6 is 11.3 Å². The average molecular weight is 359 g/mol. The Morgan fingerprint density at radius 1 is 1.04 bits per heavy atom. The van der Waals surface area contributed by atoms with Crippen molar-refractivity contribution in [2.45, 2.75) is 25.3 Å². The van der Waals surface area contributed by atoms with Crippen molar-refractivity contribution in [2.75, 3.05) is 0 Å². The normalized spacial score (nSPS) is 12.5. The second-order valence-electron chi connectivity index (χ2n) is 5.43. The number of sulfonamides is 1. The lowest BCUT2D eigenvalue weighted by molar-refractivity contribution is 0.592. The van der Waals surface area contributed by atoms with Gasteiger partial charge in [-0.15, -0.1) is 4.40 Å². The molecule has 3 aromatic rings. The van der Waals surface area contributed by atoms with Crippen molar-refractivity contribution in [3.05, 3.63) is 75.5 Å². The van der Waals surface area contributed by atoms with E-state index in [1.54, 1.807) is 28.9 Å². The molecule has 0 bridgehead atoms. The molecule has 24 heavy (non-hydrogen) atoms. The minimum atomic E-state index is -3.76. The van der Waals surface area contributed by atoms with Gasteiger partial charge in [-0.2, -0.15) is 13.5 Å². The number of benzene rings is 2. The number of hydrogen-bond donors (Lipinski definition) is 0. The van der Waals surface area contributed by atoms with Crippen LogP contribution in [0.15, 0.2) is 63.9 Å². The molecule has 0 aliphatic rings. The second-order valence-corrected chi connectivity index (χ2v) is 8.19. The lowest BCUT2D eigenvalue weighted by atomic mass is 10.2. The Morgan fingerprint density at radius 3 is 2.38 bits per heavy atom. The van der Waals surface area contributed by atoms with E-state index in [2.05, 4.69) is 9.50 Å². The SMILES string of the molecule is Cc1ccc(S(=O)(=O)N=c2sc(C)nn2Cc2ccccc2)cc1. The first kappa shape index (κ1) is 16.6. The third-order valence-electron chi connectivity index (χ3n) is 3.41. The van der Waals surface area contributed by atoms with Crippen LogP contribution in [0.5, 0.6) is 0 Å². The van der Waals surface area contributed by atoms with E-state index in [1.165, 1.54) is 11.3 Å². The molecule has 0 N–H and O–H groups in total. The van der Waals surface area contributed by atoms with E-state index in [4.69, 9.17) is 0 Å². The van der Waals surface area contributed by atoms with Crippen LogP contribution in [0.2, 0.25) is 0 Å². The molecule has 0 saturated heterocycles. The van der Waals surface area contributed by atoms with Crippen LogP contribution in [-0.4, -0.2) is 18.2 Å². The summed E-state index contributed by atoms with van der Waals surface area (Å²) in [4.78, 5) is 0.558. The summed E-state index contributed by atoms with van der Waals surface area (Å²) >= 11 is 1.26. The second kappa shape index (κ2) is 6.70. The molecule has 0 radical (unpaired) electrons. The zero-order valence-corrected chi connectivity index (χ0v) is 15.0. The maximum atomic E-state index is 12.5. The average Bonchev–Trinajstić information content (AvgIpc) is 2.87. The molecular formula is C17H17N3O2S2. The molecule has 1 aromatic heterocycles. The molecule has 0 amide bonds. The molecule has 7 heteroatoms. The highest BCUT2D eigenvalue weighted by Crippen LogP contribution is 2.13. The van der Waals surface area contributed by atoms with Gasteiger partial charge in [0.25, 0.3) is 10.0 Å². The minimum absolute atomic E-state index is 0.186. The Balaban J connectivity index is 2.02. The van der Waals surface area contributed by atoms with E-state index in [0.717, 1.165) is 16.1 Å². The van der Waals surface area contributed by atoms with Crippen molar-refractivity contribution in [2.24, 2.45) is 4.40 Å². The molecule has 1 heterocycles. The van der Waals surface area contributed by atoms with Crippen LogP contribution in [0, 0.1) is 13.8 Å². The molecule has 0 unspecified atom stereocenters. The van der Waals surface area contributed by atoms with Gasteiger partial charge in [0.15, 0.2) is 0 Å². The Morgan fingerprint density at radius 2 is 1.71 bits per heavy atom. The van der Waals surface area contributed by atoms with Gasteiger partial charge in [0.1, 0.15) is 5.01 Å². The molecule has 0 aliphatic carbocycles. The molecule has 3 rings (SSSR count). The van der Waals surface area contributed by atoms with Crippen LogP contribution in [0.3, 0.4) is 0 Å². The smallest absolute Gasteiger partial charge is 0.233 e. The van der Waals surface area contributed by atoms with Gasteiger partial charge in [-0.05, 0) is 31.5 Å². The van der Waals surface area contributed by atoms with Crippen molar-refractivity contribution in [3.63, 3.8) is 0 Å². The number of aryl methyl sites for hydroxylation is 2. The maximum absolute atomic E-state index is 12.5. The third-order valence-corrected chi connectivity index (χ3v) is 5.67. The lowest BCUT2D eigenvalue weighted by Gasteiger charge is -2.02. The minimum Gasteiger partial charge on any atom is -0.233 e. The fourth-order valence-corrected chi connectivity index (χ4v) is 4.15. The largest absolute Gasteiger partial charge is 0.285 e. The predicted molar refractivity (Wildman–Crippen MR) is 94.3 cm³/mol. The van der Waals surface area contributed by atoms with Crippen molar-refractivity contribution < 1.29 is 8.42 Å². The van der Waals surface area contributed by atoms with E-state index < -0.39 is 10.0 Å². The van der Waals surface area contributed by atoms with Gasteiger partial charge >= 0.3 is 0 Å². The van der Waals surface area contributed by atoms with Crippen molar-refractivity contribution in [1.29, 1.82) is 0 Å². The first-order valence-electron chi connectivity index (χ1n) is 7.40. The first-order chi connectivity index (χ1) is 11.4. The summed E-state index contributed by atoms with van der Waals surface area (Å²) in [5.74, 6) is 0. The Kier molecular flexibility index (Phi) is 4.64. The Bertz CT molecular complexity index is 1000. The van der Waals surface area contributed by atoms with Crippen molar-refractivity contribution in [3.8, 4) is 0 Å². The molecule has 0 aliphatic heterocycles. The van der Waals surface area contributed by atoms with E-state index in [-0.39, 0.29) is 4.90 Å². The van der Waals surface area contributed by atoms with Crippen molar-refractivity contribution in [1.82, 2.24) is 9.78 Å². The van der Waals surface area contributed by atoms with Crippen molar-refractivity contribution >= 4 is 21.4 Å². The predicted octanol–water partition coefficient (Wildman–Crippen LogP) is 2.90. The van der Waals surface area contributed by atoms with E-state index >= 15 is 0 Å². The molecule has 0 spiro atoms. The molecule has 0 atom stereocenters. The maximum Gasteiger partial charge on any atom is 0.285 e. The quantitative estimate of drug-likeness (QED) is 0.719. The highest BCUT2D eigenvalue weighted by Gasteiger charge is 2.14. The van der Waals surface area contributed by atoms with Crippen LogP contribution < -0.4 is 4.80 Å². The van der Waals surface area contributed by atoms with Crippen LogP contribution in [0.4, 0.5) is 0 Å². The van der Waals surface area contributed by atoms with Gasteiger partial charge in [-0.1, -0.05) is 59.4 Å². The molecule has 2 aromatic carbocycles. The topological polar surface area (TPSA) is 64.3 Å². The van der Waals surface area contributed by atoms with Gasteiger partial charge in [-0.3, -0.25) is 0 Å². The highest BCUT2D eigenvalue weighted by molar-refractivity contribution is 7.90. The summed E-state index contributed by atoms with van der Waals surface area (Å²) in [7, 11) is -3.76. The number of aromatic nitrogens is 2. The number of nitrogens with zero attached hydrogens (tertiary/aromatic N) is 3. The third kappa shape index (κ3) is 3.80. The van der Waals surface area contributed by atoms with E-state index in [9.17, 15) is 8.42 Å². The van der Waals surface area contributed by atoms with Gasteiger partial charge < -0.3 is 0 Å². The van der Waals surface area contributed by atoms with E-state index in [1.807, 2.05) is 44.2 Å². The monoisotopic (exact) mass is 359 g/mol. The molecule has 0 saturated carbocycles. The summed E-state index contributed by atoms with van der Waals surface area (Å²) in [6.45, 7) is 4.23. The molecule has 5 nitrogen and oxygen atoms in total. The van der Waals surface area contributed by atoms with Crippen LogP contribution in [0.25, 0.3) is 0 Å². The Hall–Kier alpha value is -2.25. The summed E-state index contributed by atoms with van der Waals surface area (Å²) in [6.07, 6.45) is 0. The standard InChI is InChI=1S/C17H17N3O2S2/c1-13-8-10-16(11-9-13)24(21,22)19-17-20(18-14(2)23-17)12-15-6-4-3-5-7-15/h3-11H,12H2,1-2H3. The lowest BCUT2D eigenvalue weighted by Crippen LogP contribution is -2.19. The fraction of sp³-hybridized carbons (Fsp3) is 0.176. The van der Waals surface area contributed by atoms with Crippen LogP contribution in [0.1, 0.15) is 16.1 Å². The summed E-state index contributed by atoms with van der Waals surface area (Å²) in [6, 6.07) is 16.4. The fourth-order valence-electron chi connectivity index (χ4n) is 2.21. The van der Waals surface area contributed by atoms with Gasteiger partial charge in [-0.25, -0.2) is 4.68 Å². The summed E-state index contributed by atoms with van der Waals surface area (Å²) in [5, 5.41) is 5.14. The zero-order chi connectivity index (χ0) is 17.2. The first-order valence-corrected chi connectivity index (χ1v) is 9.66. The molecule has 124 valence electrons. The molecule has 0 fully saturated rings. The number of rotatable bonds is 4. The Labute approximate surface area is 145 Å². The number of hydrogen-bond acceptors (Lipinski definition) is 4. The van der Waals surface area contributed by atoms with Gasteiger partial charge in [0.2, 0.25) is 4.80 Å². The van der Waals surface area contributed by atoms with E-state index in [0.29, 0.717) is 11.3 Å². The zero-order valence-electron chi connectivity index (χ0n) is 13.4. The van der Waals surface area contributed by atoms with Gasteiger partial charge in [0.05, 0.1) is 11.4 Å². The highest BCUT2D eigenvalue weighted by atomic mass is 32.2. The summed E-state index contributed by atoms with van der Waals surface area (Å²) in [5.41, 5.74) is 2.04. The van der Waals surface area contributed by atoms with Gasteiger partial charge in [0, 0.05) is 0 Å².